The van der Waals surface area contributed by atoms with Crippen molar-refractivity contribution in [2.24, 2.45) is 5.73 Å². The monoisotopic (exact) mass is 282 g/mol. The predicted octanol–water partition coefficient (Wildman–Crippen LogP) is -0.502. The molecule has 0 aliphatic carbocycles. The highest BCUT2D eigenvalue weighted by Gasteiger charge is 2.40. The molecule has 3 N–H and O–H groups in total. The standard InChI is InChI=1S/C12H18N4O4/c1-8-5-9(15-20-8)14-10(17)6-16(2)11(18)12(13)3-4-19-7-12/h5H,3-4,6-7,13H2,1-2H3,(H,14,15,17). The van der Waals surface area contributed by atoms with E-state index in [1.54, 1.807) is 13.0 Å². The van der Waals surface area contributed by atoms with Gasteiger partial charge in [-0.2, -0.15) is 0 Å². The summed E-state index contributed by atoms with van der Waals surface area (Å²) in [5, 5.41) is 6.19. The maximum atomic E-state index is 12.2. The minimum Gasteiger partial charge on any atom is -0.379 e. The highest BCUT2D eigenvalue weighted by molar-refractivity contribution is 5.95. The van der Waals surface area contributed by atoms with Crippen LogP contribution < -0.4 is 11.1 Å². The normalized spacial score (nSPS) is 21.8. The van der Waals surface area contributed by atoms with E-state index in [2.05, 4.69) is 10.5 Å². The molecule has 110 valence electrons. The molecule has 20 heavy (non-hydrogen) atoms. The van der Waals surface area contributed by atoms with Gasteiger partial charge in [0.15, 0.2) is 5.82 Å². The van der Waals surface area contributed by atoms with Gasteiger partial charge in [-0.05, 0) is 13.3 Å². The Morgan fingerprint density at radius 1 is 1.60 bits per heavy atom. The zero-order chi connectivity index (χ0) is 14.8. The maximum Gasteiger partial charge on any atom is 0.245 e. The number of carbonyl (C=O) groups excluding carboxylic acids is 2. The van der Waals surface area contributed by atoms with Crippen molar-refractivity contribution < 1.29 is 18.8 Å². The molecular formula is C12H18N4O4. The highest BCUT2D eigenvalue weighted by atomic mass is 16.5. The molecule has 1 fully saturated rings. The topological polar surface area (TPSA) is 111 Å². The number of hydrogen-bond donors (Lipinski definition) is 2. The summed E-state index contributed by atoms with van der Waals surface area (Å²) in [6, 6.07) is 1.59. The third kappa shape index (κ3) is 3.14. The summed E-state index contributed by atoms with van der Waals surface area (Å²) >= 11 is 0. The second kappa shape index (κ2) is 5.59. The lowest BCUT2D eigenvalue weighted by molar-refractivity contribution is -0.138. The van der Waals surface area contributed by atoms with E-state index >= 15 is 0 Å². The Kier molecular flexibility index (Phi) is 4.05. The van der Waals surface area contributed by atoms with Gasteiger partial charge in [0.25, 0.3) is 0 Å². The molecule has 1 aromatic heterocycles. The van der Waals surface area contributed by atoms with Crippen molar-refractivity contribution in [3.8, 4) is 0 Å². The summed E-state index contributed by atoms with van der Waals surface area (Å²) < 4.78 is 9.97. The molecule has 2 heterocycles. The summed E-state index contributed by atoms with van der Waals surface area (Å²) in [5.74, 6) is 0.243. The quantitative estimate of drug-likeness (QED) is 0.770. The van der Waals surface area contributed by atoms with Crippen LogP contribution in [-0.4, -0.2) is 54.2 Å². The Morgan fingerprint density at radius 3 is 2.90 bits per heavy atom. The number of likely N-dealkylation sites (N-methyl/N-ethyl adjacent to an activating group) is 1. The van der Waals surface area contributed by atoms with Gasteiger partial charge in [-0.1, -0.05) is 5.16 Å². The Bertz CT molecular complexity index is 507. The maximum absolute atomic E-state index is 12.2. The number of aryl methyl sites for hydroxylation is 1. The molecule has 1 aliphatic rings. The zero-order valence-corrected chi connectivity index (χ0v) is 11.5. The van der Waals surface area contributed by atoms with Crippen molar-refractivity contribution in [1.29, 1.82) is 0 Å². The SMILES string of the molecule is Cc1cc(NC(=O)CN(C)C(=O)C2(N)CCOC2)no1. The molecule has 8 heteroatoms. The van der Waals surface area contributed by atoms with E-state index in [4.69, 9.17) is 15.0 Å². The van der Waals surface area contributed by atoms with Crippen LogP contribution in [0.1, 0.15) is 12.2 Å². The molecule has 0 radical (unpaired) electrons. The average Bonchev–Trinajstić information content (AvgIpc) is 2.98. The number of nitrogens with one attached hydrogen (secondary N) is 1. The van der Waals surface area contributed by atoms with Gasteiger partial charge in [0.2, 0.25) is 11.8 Å². The second-order valence-electron chi connectivity index (χ2n) is 4.99. The molecule has 1 saturated heterocycles. The van der Waals surface area contributed by atoms with Crippen molar-refractivity contribution in [3.05, 3.63) is 11.8 Å². The van der Waals surface area contributed by atoms with Gasteiger partial charge in [0.05, 0.1) is 13.2 Å². The molecule has 0 bridgehead atoms. The van der Waals surface area contributed by atoms with E-state index in [0.29, 0.717) is 24.6 Å². The van der Waals surface area contributed by atoms with Crippen LogP contribution in [0.5, 0.6) is 0 Å². The first-order valence-electron chi connectivity index (χ1n) is 6.26. The fourth-order valence-corrected chi connectivity index (χ4v) is 2.02. The molecule has 2 rings (SSSR count). The average molecular weight is 282 g/mol. The summed E-state index contributed by atoms with van der Waals surface area (Å²) in [7, 11) is 1.53. The van der Waals surface area contributed by atoms with E-state index in [-0.39, 0.29) is 25.0 Å². The Morgan fingerprint density at radius 2 is 2.35 bits per heavy atom. The van der Waals surface area contributed by atoms with Crippen LogP contribution in [-0.2, 0) is 14.3 Å². The number of rotatable bonds is 4. The number of amides is 2. The van der Waals surface area contributed by atoms with Crippen LogP contribution in [0.2, 0.25) is 0 Å². The zero-order valence-electron chi connectivity index (χ0n) is 11.5. The van der Waals surface area contributed by atoms with Crippen LogP contribution in [0.25, 0.3) is 0 Å². The summed E-state index contributed by atoms with van der Waals surface area (Å²) in [6.45, 7) is 2.25. The van der Waals surface area contributed by atoms with Gasteiger partial charge in [-0.15, -0.1) is 0 Å². The molecule has 0 saturated carbocycles. The molecule has 1 unspecified atom stereocenters. The Balaban J connectivity index is 1.88. The molecule has 1 atom stereocenters. The van der Waals surface area contributed by atoms with Gasteiger partial charge in [0, 0.05) is 19.7 Å². The van der Waals surface area contributed by atoms with E-state index in [1.807, 2.05) is 0 Å². The Labute approximate surface area is 116 Å². The van der Waals surface area contributed by atoms with E-state index in [1.165, 1.54) is 11.9 Å². The molecule has 1 aliphatic heterocycles. The van der Waals surface area contributed by atoms with Crippen molar-refractivity contribution in [3.63, 3.8) is 0 Å². The lowest BCUT2D eigenvalue weighted by atomic mass is 9.98. The number of aromatic nitrogens is 1. The fourth-order valence-electron chi connectivity index (χ4n) is 2.02. The fraction of sp³-hybridized carbons (Fsp3) is 0.583. The number of nitrogens with two attached hydrogens (primary N) is 1. The molecule has 2 amide bonds. The first kappa shape index (κ1) is 14.5. The van der Waals surface area contributed by atoms with Gasteiger partial charge in [0.1, 0.15) is 11.3 Å². The number of carbonyl (C=O) groups is 2. The largest absolute Gasteiger partial charge is 0.379 e. The second-order valence-corrected chi connectivity index (χ2v) is 4.99. The van der Waals surface area contributed by atoms with E-state index in [0.717, 1.165) is 0 Å². The van der Waals surface area contributed by atoms with Crippen molar-refractivity contribution in [2.45, 2.75) is 18.9 Å². The van der Waals surface area contributed by atoms with E-state index in [9.17, 15) is 9.59 Å². The van der Waals surface area contributed by atoms with Crippen molar-refractivity contribution >= 4 is 17.6 Å². The molecule has 0 spiro atoms. The lowest BCUT2D eigenvalue weighted by Crippen LogP contribution is -2.56. The first-order valence-corrected chi connectivity index (χ1v) is 6.26. The highest BCUT2D eigenvalue weighted by Crippen LogP contribution is 2.17. The number of anilines is 1. The summed E-state index contributed by atoms with van der Waals surface area (Å²) in [4.78, 5) is 25.3. The van der Waals surface area contributed by atoms with Gasteiger partial charge in [-0.25, -0.2) is 0 Å². The van der Waals surface area contributed by atoms with Crippen LogP contribution in [0.15, 0.2) is 10.6 Å². The predicted molar refractivity (Wildman–Crippen MR) is 69.9 cm³/mol. The molecule has 0 aromatic carbocycles. The van der Waals surface area contributed by atoms with Crippen LogP contribution >= 0.6 is 0 Å². The number of ether oxygens (including phenoxy) is 1. The van der Waals surface area contributed by atoms with Crippen LogP contribution in [0, 0.1) is 6.92 Å². The molecular weight excluding hydrogens is 264 g/mol. The van der Waals surface area contributed by atoms with Crippen LogP contribution in [0.4, 0.5) is 5.82 Å². The van der Waals surface area contributed by atoms with Crippen LogP contribution in [0.3, 0.4) is 0 Å². The smallest absolute Gasteiger partial charge is 0.245 e. The Hall–Kier alpha value is -1.93. The third-order valence-corrected chi connectivity index (χ3v) is 3.10. The number of nitrogens with zero attached hydrogens (tertiary/aromatic N) is 2. The lowest BCUT2D eigenvalue weighted by Gasteiger charge is -2.26. The first-order chi connectivity index (χ1) is 9.40. The summed E-state index contributed by atoms with van der Waals surface area (Å²) in [5.41, 5.74) is 4.93. The van der Waals surface area contributed by atoms with Gasteiger partial charge in [-0.3, -0.25) is 9.59 Å². The minimum absolute atomic E-state index is 0.107. The minimum atomic E-state index is -1.03. The van der Waals surface area contributed by atoms with Gasteiger partial charge >= 0.3 is 0 Å². The van der Waals surface area contributed by atoms with Crippen molar-refractivity contribution in [1.82, 2.24) is 10.1 Å². The van der Waals surface area contributed by atoms with Crippen molar-refractivity contribution in [2.75, 3.05) is 32.1 Å². The molecule has 1 aromatic rings. The van der Waals surface area contributed by atoms with E-state index < -0.39 is 5.54 Å². The summed E-state index contributed by atoms with van der Waals surface area (Å²) in [6.07, 6.45) is 0.459. The third-order valence-electron chi connectivity index (χ3n) is 3.10. The van der Waals surface area contributed by atoms with Gasteiger partial charge < -0.3 is 25.2 Å². The molecule has 8 nitrogen and oxygen atoms in total. The number of hydrogen-bond acceptors (Lipinski definition) is 6.